The van der Waals surface area contributed by atoms with E-state index in [9.17, 15) is 8.42 Å². The second kappa shape index (κ2) is 6.41. The Bertz CT molecular complexity index is 1110. The predicted molar refractivity (Wildman–Crippen MR) is 93.5 cm³/mol. The van der Waals surface area contributed by atoms with E-state index in [-0.39, 0.29) is 4.90 Å². The predicted octanol–water partition coefficient (Wildman–Crippen LogP) is 1.65. The molecule has 0 spiro atoms. The molecule has 0 aliphatic heterocycles. The number of sulfonamides is 1. The lowest BCUT2D eigenvalue weighted by atomic mass is 10.3. The lowest BCUT2D eigenvalue weighted by Gasteiger charge is -2.10. The van der Waals surface area contributed by atoms with Gasteiger partial charge in [-0.15, -0.1) is 5.10 Å². The molecule has 0 fully saturated rings. The maximum atomic E-state index is 12.6. The minimum atomic E-state index is -3.75. The van der Waals surface area contributed by atoms with Crippen molar-refractivity contribution in [2.75, 3.05) is 4.72 Å². The Labute approximate surface area is 149 Å². The van der Waals surface area contributed by atoms with Gasteiger partial charge in [-0.1, -0.05) is 6.07 Å². The van der Waals surface area contributed by atoms with Gasteiger partial charge < -0.3 is 0 Å². The van der Waals surface area contributed by atoms with Crippen LogP contribution < -0.4 is 4.72 Å². The van der Waals surface area contributed by atoms with Gasteiger partial charge in [-0.25, -0.2) is 17.8 Å². The van der Waals surface area contributed by atoms with Crippen molar-refractivity contribution in [3.8, 4) is 11.4 Å². The molecule has 0 atom stereocenters. The van der Waals surface area contributed by atoms with Crippen molar-refractivity contribution in [3.63, 3.8) is 0 Å². The number of benzene rings is 2. The lowest BCUT2D eigenvalue weighted by molar-refractivity contribution is 0.601. The molecule has 4 aromatic rings. The summed E-state index contributed by atoms with van der Waals surface area (Å²) in [4.78, 5) is 0.113. The van der Waals surface area contributed by atoms with Crippen molar-refractivity contribution in [1.82, 2.24) is 30.0 Å². The molecule has 2 aromatic carbocycles. The Morgan fingerprint density at radius 3 is 2.46 bits per heavy atom. The van der Waals surface area contributed by atoms with Gasteiger partial charge in [0, 0.05) is 18.1 Å². The Morgan fingerprint density at radius 2 is 1.77 bits per heavy atom. The van der Waals surface area contributed by atoms with Crippen LogP contribution in [0.2, 0.25) is 0 Å². The van der Waals surface area contributed by atoms with E-state index >= 15 is 0 Å². The van der Waals surface area contributed by atoms with Gasteiger partial charge in [-0.05, 0) is 59.0 Å². The highest BCUT2D eigenvalue weighted by atomic mass is 32.2. The van der Waals surface area contributed by atoms with Gasteiger partial charge in [-0.3, -0.25) is 4.72 Å². The molecule has 0 unspecified atom stereocenters. The van der Waals surface area contributed by atoms with E-state index in [1.165, 1.54) is 23.1 Å². The van der Waals surface area contributed by atoms with Crippen LogP contribution in [0.5, 0.6) is 0 Å². The topological polar surface area (TPSA) is 108 Å². The van der Waals surface area contributed by atoms with Crippen molar-refractivity contribution in [2.24, 2.45) is 0 Å². The molecular weight excluding hydrogens is 354 g/mol. The van der Waals surface area contributed by atoms with E-state index in [2.05, 4.69) is 25.3 Å². The summed E-state index contributed by atoms with van der Waals surface area (Å²) >= 11 is 0. The van der Waals surface area contributed by atoms with Crippen LogP contribution in [0.4, 0.5) is 5.69 Å². The molecule has 26 heavy (non-hydrogen) atoms. The summed E-state index contributed by atoms with van der Waals surface area (Å²) in [6, 6.07) is 15.1. The van der Waals surface area contributed by atoms with Crippen molar-refractivity contribution in [2.45, 2.75) is 4.90 Å². The summed E-state index contributed by atoms with van der Waals surface area (Å²) in [5, 5.41) is 15.0. The molecule has 0 saturated heterocycles. The van der Waals surface area contributed by atoms with Gasteiger partial charge >= 0.3 is 0 Å². The maximum absolute atomic E-state index is 12.6. The van der Waals surface area contributed by atoms with Gasteiger partial charge in [-0.2, -0.15) is 5.10 Å². The van der Waals surface area contributed by atoms with Crippen LogP contribution in [0.15, 0.2) is 78.2 Å². The summed E-state index contributed by atoms with van der Waals surface area (Å²) in [5.74, 6) is 0. The molecule has 4 rings (SSSR count). The van der Waals surface area contributed by atoms with Gasteiger partial charge in [0.05, 0.1) is 16.3 Å². The zero-order chi connectivity index (χ0) is 18.0. The maximum Gasteiger partial charge on any atom is 0.261 e. The number of hydrogen-bond acceptors (Lipinski definition) is 6. The molecule has 0 amide bonds. The Balaban J connectivity index is 1.58. The van der Waals surface area contributed by atoms with E-state index in [1.54, 1.807) is 47.3 Å². The first kappa shape index (κ1) is 16.0. The van der Waals surface area contributed by atoms with Crippen LogP contribution in [0, 0.1) is 0 Å². The summed E-state index contributed by atoms with van der Waals surface area (Å²) < 4.78 is 30.9. The minimum Gasteiger partial charge on any atom is -0.280 e. The van der Waals surface area contributed by atoms with Crippen LogP contribution in [0.1, 0.15) is 0 Å². The molecule has 2 aromatic heterocycles. The number of tetrazole rings is 1. The summed E-state index contributed by atoms with van der Waals surface area (Å²) in [7, 11) is -3.75. The molecule has 2 heterocycles. The second-order valence-corrected chi connectivity index (χ2v) is 7.04. The summed E-state index contributed by atoms with van der Waals surface area (Å²) in [6.07, 6.45) is 4.88. The van der Waals surface area contributed by atoms with Crippen molar-refractivity contribution in [3.05, 3.63) is 73.3 Å². The largest absolute Gasteiger partial charge is 0.280 e. The third-order valence-corrected chi connectivity index (χ3v) is 5.01. The molecular formula is C16H13N7O2S. The van der Waals surface area contributed by atoms with E-state index in [0.717, 1.165) is 5.69 Å². The fourth-order valence-electron chi connectivity index (χ4n) is 2.39. The van der Waals surface area contributed by atoms with Gasteiger partial charge in [0.15, 0.2) is 0 Å². The SMILES string of the molecule is O=S(=O)(Nc1ccc(-n2cccn2)cc1)c1cccc(-n2cnnn2)c1. The fourth-order valence-corrected chi connectivity index (χ4v) is 3.49. The van der Waals surface area contributed by atoms with Crippen LogP contribution >= 0.6 is 0 Å². The summed E-state index contributed by atoms with van der Waals surface area (Å²) in [5.41, 5.74) is 1.83. The van der Waals surface area contributed by atoms with Gasteiger partial charge in [0.1, 0.15) is 6.33 Å². The normalized spacial score (nSPS) is 11.4. The summed E-state index contributed by atoms with van der Waals surface area (Å²) in [6.45, 7) is 0. The molecule has 0 aliphatic carbocycles. The first-order chi connectivity index (χ1) is 12.6. The van der Waals surface area contributed by atoms with Gasteiger partial charge in [0.25, 0.3) is 10.0 Å². The van der Waals surface area contributed by atoms with Crippen molar-refractivity contribution < 1.29 is 8.42 Å². The van der Waals surface area contributed by atoms with E-state index in [0.29, 0.717) is 11.4 Å². The van der Waals surface area contributed by atoms with E-state index < -0.39 is 10.0 Å². The monoisotopic (exact) mass is 367 g/mol. The van der Waals surface area contributed by atoms with E-state index in [1.807, 2.05) is 12.3 Å². The smallest absolute Gasteiger partial charge is 0.261 e. The number of nitrogens with one attached hydrogen (secondary N) is 1. The van der Waals surface area contributed by atoms with Crippen molar-refractivity contribution in [1.29, 1.82) is 0 Å². The van der Waals surface area contributed by atoms with Crippen LogP contribution in [-0.2, 0) is 10.0 Å². The number of aromatic nitrogens is 6. The minimum absolute atomic E-state index is 0.113. The Hall–Kier alpha value is -3.53. The molecule has 9 nitrogen and oxygen atoms in total. The molecule has 130 valence electrons. The quantitative estimate of drug-likeness (QED) is 0.575. The van der Waals surface area contributed by atoms with Crippen molar-refractivity contribution >= 4 is 15.7 Å². The number of rotatable bonds is 5. The first-order valence-electron chi connectivity index (χ1n) is 7.58. The zero-order valence-electron chi connectivity index (χ0n) is 13.3. The number of anilines is 1. The third-order valence-electron chi connectivity index (χ3n) is 3.63. The Morgan fingerprint density at radius 1 is 0.923 bits per heavy atom. The molecule has 0 radical (unpaired) electrons. The third kappa shape index (κ3) is 3.17. The molecule has 0 saturated carbocycles. The van der Waals surface area contributed by atoms with Crippen LogP contribution in [-0.4, -0.2) is 38.4 Å². The molecule has 0 aliphatic rings. The molecule has 1 N–H and O–H groups in total. The first-order valence-corrected chi connectivity index (χ1v) is 9.06. The highest BCUT2D eigenvalue weighted by molar-refractivity contribution is 7.92. The average Bonchev–Trinajstić information content (AvgIpc) is 3.36. The standard InChI is InChI=1S/C16H13N7O2S/c24-26(25,16-4-1-3-15(11-16)23-12-17-20-21-23)19-13-5-7-14(8-6-13)22-10-2-9-18-22/h1-12,19H. The second-order valence-electron chi connectivity index (χ2n) is 5.35. The number of hydrogen-bond donors (Lipinski definition) is 1. The van der Waals surface area contributed by atoms with Crippen LogP contribution in [0.25, 0.3) is 11.4 Å². The average molecular weight is 367 g/mol. The van der Waals surface area contributed by atoms with Crippen LogP contribution in [0.3, 0.4) is 0 Å². The van der Waals surface area contributed by atoms with Gasteiger partial charge in [0.2, 0.25) is 0 Å². The van der Waals surface area contributed by atoms with E-state index in [4.69, 9.17) is 0 Å². The lowest BCUT2D eigenvalue weighted by Crippen LogP contribution is -2.13. The Kier molecular flexibility index (Phi) is 3.93. The molecule has 10 heteroatoms. The highest BCUT2D eigenvalue weighted by Gasteiger charge is 2.15. The highest BCUT2D eigenvalue weighted by Crippen LogP contribution is 2.19. The zero-order valence-corrected chi connectivity index (χ0v) is 14.2. The molecule has 0 bridgehead atoms. The fraction of sp³-hybridized carbons (Fsp3) is 0. The number of nitrogens with zero attached hydrogens (tertiary/aromatic N) is 6.